The largest absolute Gasteiger partial charge is 0.496 e. The van der Waals surface area contributed by atoms with Gasteiger partial charge in [0.05, 0.1) is 13.2 Å². The first-order valence-electron chi connectivity index (χ1n) is 5.45. The number of nitrogens with zero attached hydrogens (tertiary/aromatic N) is 1. The summed E-state index contributed by atoms with van der Waals surface area (Å²) >= 11 is 0. The molecule has 0 aromatic heterocycles. The van der Waals surface area contributed by atoms with Crippen molar-refractivity contribution >= 4 is 5.69 Å². The minimum atomic E-state index is 0.598. The van der Waals surface area contributed by atoms with E-state index in [0.717, 1.165) is 35.5 Å². The molecule has 0 aliphatic heterocycles. The first kappa shape index (κ1) is 12.4. The maximum absolute atomic E-state index is 8.43. The molecule has 0 spiro atoms. The quantitative estimate of drug-likeness (QED) is 0.773. The SMILES string of the molecule is COc1c(C)cc(NCCCC#N)cc1C. The lowest BCUT2D eigenvalue weighted by Gasteiger charge is -2.12. The van der Waals surface area contributed by atoms with Crippen LogP contribution < -0.4 is 10.1 Å². The minimum Gasteiger partial charge on any atom is -0.496 e. The van der Waals surface area contributed by atoms with Crippen molar-refractivity contribution in [3.8, 4) is 11.8 Å². The highest BCUT2D eigenvalue weighted by molar-refractivity contribution is 5.55. The molecule has 1 aromatic carbocycles. The van der Waals surface area contributed by atoms with Gasteiger partial charge in [-0.1, -0.05) is 0 Å². The van der Waals surface area contributed by atoms with E-state index in [1.54, 1.807) is 7.11 Å². The predicted molar refractivity (Wildman–Crippen MR) is 65.8 cm³/mol. The Balaban J connectivity index is 2.65. The fraction of sp³-hybridized carbons (Fsp3) is 0.462. The Labute approximate surface area is 97.0 Å². The summed E-state index contributed by atoms with van der Waals surface area (Å²) in [5.74, 6) is 0.947. The third-order valence-corrected chi connectivity index (χ3v) is 2.46. The fourth-order valence-corrected chi connectivity index (χ4v) is 1.77. The standard InChI is InChI=1S/C13H18N2O/c1-10-8-12(15-7-5-4-6-14)9-11(2)13(10)16-3/h8-9,15H,4-5,7H2,1-3H3. The lowest BCUT2D eigenvalue weighted by molar-refractivity contribution is 0.408. The normalized spacial score (nSPS) is 9.62. The zero-order valence-corrected chi connectivity index (χ0v) is 10.1. The molecule has 1 aromatic rings. The summed E-state index contributed by atoms with van der Waals surface area (Å²) in [6.45, 7) is 4.90. The van der Waals surface area contributed by atoms with Crippen molar-refractivity contribution < 1.29 is 4.74 Å². The first-order chi connectivity index (χ1) is 7.69. The van der Waals surface area contributed by atoms with E-state index < -0.39 is 0 Å². The molecule has 0 heterocycles. The van der Waals surface area contributed by atoms with Gasteiger partial charge in [-0.15, -0.1) is 0 Å². The number of ether oxygens (including phenoxy) is 1. The zero-order chi connectivity index (χ0) is 12.0. The summed E-state index contributed by atoms with van der Waals surface area (Å²) in [5, 5.41) is 11.7. The molecule has 0 unspecified atom stereocenters. The van der Waals surface area contributed by atoms with Crippen LogP contribution in [0.1, 0.15) is 24.0 Å². The average Bonchev–Trinajstić information content (AvgIpc) is 2.24. The summed E-state index contributed by atoms with van der Waals surface area (Å²) in [7, 11) is 1.69. The number of hydrogen-bond acceptors (Lipinski definition) is 3. The third kappa shape index (κ3) is 3.16. The Kier molecular flexibility index (Phi) is 4.65. The van der Waals surface area contributed by atoms with Crippen LogP contribution >= 0.6 is 0 Å². The zero-order valence-electron chi connectivity index (χ0n) is 10.1. The van der Waals surface area contributed by atoms with Crippen molar-refractivity contribution in [3.05, 3.63) is 23.3 Å². The van der Waals surface area contributed by atoms with Crippen LogP contribution in [0.4, 0.5) is 5.69 Å². The van der Waals surface area contributed by atoms with Crippen LogP contribution in [-0.2, 0) is 0 Å². The second kappa shape index (κ2) is 6.02. The Morgan fingerprint density at radius 1 is 1.31 bits per heavy atom. The Bertz CT molecular complexity index is 370. The van der Waals surface area contributed by atoms with Crippen LogP contribution in [0.3, 0.4) is 0 Å². The molecule has 0 saturated heterocycles. The molecule has 0 fully saturated rings. The molecule has 16 heavy (non-hydrogen) atoms. The molecule has 1 rings (SSSR count). The highest BCUT2D eigenvalue weighted by Gasteiger charge is 2.04. The second-order valence-electron chi connectivity index (χ2n) is 3.83. The maximum Gasteiger partial charge on any atom is 0.124 e. The van der Waals surface area contributed by atoms with Crippen LogP contribution in [0, 0.1) is 25.2 Å². The predicted octanol–water partition coefficient (Wildman–Crippen LogP) is 3.03. The number of benzene rings is 1. The molecular formula is C13H18N2O. The Morgan fingerprint density at radius 3 is 2.44 bits per heavy atom. The van der Waals surface area contributed by atoms with E-state index in [-0.39, 0.29) is 0 Å². The Morgan fingerprint density at radius 2 is 1.94 bits per heavy atom. The third-order valence-electron chi connectivity index (χ3n) is 2.46. The van der Waals surface area contributed by atoms with Crippen molar-refractivity contribution in [1.82, 2.24) is 0 Å². The smallest absolute Gasteiger partial charge is 0.124 e. The number of nitriles is 1. The molecule has 0 atom stereocenters. The second-order valence-corrected chi connectivity index (χ2v) is 3.83. The van der Waals surface area contributed by atoms with Gasteiger partial charge < -0.3 is 10.1 Å². The van der Waals surface area contributed by atoms with Crippen LogP contribution in [0.15, 0.2) is 12.1 Å². The van der Waals surface area contributed by atoms with E-state index >= 15 is 0 Å². The van der Waals surface area contributed by atoms with Crippen molar-refractivity contribution in [2.24, 2.45) is 0 Å². The van der Waals surface area contributed by atoms with Crippen molar-refractivity contribution in [2.75, 3.05) is 19.0 Å². The van der Waals surface area contributed by atoms with Crippen LogP contribution in [0.25, 0.3) is 0 Å². The molecule has 3 heteroatoms. The Hall–Kier alpha value is -1.69. The lowest BCUT2D eigenvalue weighted by Crippen LogP contribution is -2.02. The van der Waals surface area contributed by atoms with Gasteiger partial charge in [0, 0.05) is 18.7 Å². The van der Waals surface area contributed by atoms with E-state index in [2.05, 4.69) is 23.5 Å². The maximum atomic E-state index is 8.43. The minimum absolute atomic E-state index is 0.598. The molecule has 86 valence electrons. The highest BCUT2D eigenvalue weighted by Crippen LogP contribution is 2.26. The topological polar surface area (TPSA) is 45.0 Å². The fourth-order valence-electron chi connectivity index (χ4n) is 1.77. The van der Waals surface area contributed by atoms with Gasteiger partial charge >= 0.3 is 0 Å². The highest BCUT2D eigenvalue weighted by atomic mass is 16.5. The molecule has 1 N–H and O–H groups in total. The molecule has 0 aliphatic carbocycles. The molecule has 0 amide bonds. The summed E-state index contributed by atoms with van der Waals surface area (Å²) in [6, 6.07) is 6.27. The number of aryl methyl sites for hydroxylation is 2. The summed E-state index contributed by atoms with van der Waals surface area (Å²) < 4.78 is 5.30. The summed E-state index contributed by atoms with van der Waals surface area (Å²) in [5.41, 5.74) is 3.35. The van der Waals surface area contributed by atoms with Crippen LogP contribution in [-0.4, -0.2) is 13.7 Å². The van der Waals surface area contributed by atoms with Crippen LogP contribution in [0.5, 0.6) is 5.75 Å². The van der Waals surface area contributed by atoms with E-state index in [1.807, 2.05) is 13.8 Å². The first-order valence-corrected chi connectivity index (χ1v) is 5.45. The van der Waals surface area contributed by atoms with Crippen molar-refractivity contribution in [3.63, 3.8) is 0 Å². The number of unbranched alkanes of at least 4 members (excludes halogenated alkanes) is 1. The number of nitrogens with one attached hydrogen (secondary N) is 1. The number of anilines is 1. The number of hydrogen-bond donors (Lipinski definition) is 1. The lowest BCUT2D eigenvalue weighted by atomic mass is 10.1. The monoisotopic (exact) mass is 218 g/mol. The summed E-state index contributed by atoms with van der Waals surface area (Å²) in [4.78, 5) is 0. The van der Waals surface area contributed by atoms with Gasteiger partial charge in [-0.05, 0) is 43.5 Å². The van der Waals surface area contributed by atoms with Gasteiger partial charge in [0.1, 0.15) is 5.75 Å². The van der Waals surface area contributed by atoms with Gasteiger partial charge in [0.2, 0.25) is 0 Å². The van der Waals surface area contributed by atoms with E-state index in [4.69, 9.17) is 10.00 Å². The number of methoxy groups -OCH3 is 1. The molecule has 0 saturated carbocycles. The number of rotatable bonds is 5. The van der Waals surface area contributed by atoms with Gasteiger partial charge in [-0.25, -0.2) is 0 Å². The molecule has 0 bridgehead atoms. The molecule has 3 nitrogen and oxygen atoms in total. The van der Waals surface area contributed by atoms with Crippen molar-refractivity contribution in [2.45, 2.75) is 26.7 Å². The average molecular weight is 218 g/mol. The van der Waals surface area contributed by atoms with E-state index in [1.165, 1.54) is 0 Å². The van der Waals surface area contributed by atoms with Gasteiger partial charge in [0.25, 0.3) is 0 Å². The van der Waals surface area contributed by atoms with Gasteiger partial charge in [0.15, 0.2) is 0 Å². The molecule has 0 aliphatic rings. The van der Waals surface area contributed by atoms with Crippen LogP contribution in [0.2, 0.25) is 0 Å². The summed E-state index contributed by atoms with van der Waals surface area (Å²) in [6.07, 6.45) is 1.47. The molecular weight excluding hydrogens is 200 g/mol. The van der Waals surface area contributed by atoms with E-state index in [0.29, 0.717) is 6.42 Å². The molecule has 0 radical (unpaired) electrons. The van der Waals surface area contributed by atoms with Crippen molar-refractivity contribution in [1.29, 1.82) is 5.26 Å². The van der Waals surface area contributed by atoms with Gasteiger partial charge in [-0.3, -0.25) is 0 Å². The van der Waals surface area contributed by atoms with E-state index in [9.17, 15) is 0 Å². The van der Waals surface area contributed by atoms with Gasteiger partial charge in [-0.2, -0.15) is 5.26 Å².